The molecule has 0 spiro atoms. The molecule has 4 rings (SSSR count). The van der Waals surface area contributed by atoms with Gasteiger partial charge in [-0.2, -0.15) is 0 Å². The van der Waals surface area contributed by atoms with Gasteiger partial charge in [0.2, 0.25) is 5.76 Å². The van der Waals surface area contributed by atoms with E-state index in [1.165, 1.54) is 0 Å². The first-order valence-electron chi connectivity index (χ1n) is 10.9. The molecule has 4 aromatic rings. The molecule has 1 heterocycles. The van der Waals surface area contributed by atoms with E-state index in [2.05, 4.69) is 5.32 Å². The summed E-state index contributed by atoms with van der Waals surface area (Å²) in [5.74, 6) is 0.471. The SMILES string of the molecule is CCOc1ccc(OCC)c(NC(=O)c2oc(=O)c3ccccc3c2-c2ccc(C)cc2)c1. The van der Waals surface area contributed by atoms with Crippen LogP contribution in [0.3, 0.4) is 0 Å². The van der Waals surface area contributed by atoms with E-state index in [0.717, 1.165) is 11.1 Å². The summed E-state index contributed by atoms with van der Waals surface area (Å²) >= 11 is 0. The summed E-state index contributed by atoms with van der Waals surface area (Å²) in [5, 5.41) is 3.91. The maximum absolute atomic E-state index is 13.5. The first-order chi connectivity index (χ1) is 16.0. The van der Waals surface area contributed by atoms with Crippen molar-refractivity contribution < 1.29 is 18.7 Å². The second kappa shape index (κ2) is 9.61. The van der Waals surface area contributed by atoms with Gasteiger partial charge in [0, 0.05) is 17.0 Å². The lowest BCUT2D eigenvalue weighted by atomic mass is 9.97. The van der Waals surface area contributed by atoms with Crippen LogP contribution in [-0.4, -0.2) is 19.1 Å². The topological polar surface area (TPSA) is 77.8 Å². The number of hydrogen-bond acceptors (Lipinski definition) is 5. The molecule has 0 aliphatic rings. The highest BCUT2D eigenvalue weighted by Crippen LogP contribution is 2.34. The van der Waals surface area contributed by atoms with E-state index in [-0.39, 0.29) is 5.76 Å². The van der Waals surface area contributed by atoms with Crippen molar-refractivity contribution in [2.45, 2.75) is 20.8 Å². The fraction of sp³-hybridized carbons (Fsp3) is 0.185. The monoisotopic (exact) mass is 443 g/mol. The Morgan fingerprint density at radius 2 is 1.61 bits per heavy atom. The lowest BCUT2D eigenvalue weighted by Gasteiger charge is -2.15. The Morgan fingerprint density at radius 1 is 0.909 bits per heavy atom. The Labute approximate surface area is 191 Å². The van der Waals surface area contributed by atoms with Gasteiger partial charge >= 0.3 is 5.63 Å². The van der Waals surface area contributed by atoms with E-state index in [1.54, 1.807) is 30.3 Å². The van der Waals surface area contributed by atoms with E-state index in [4.69, 9.17) is 13.9 Å². The standard InChI is InChI=1S/C27H25NO5/c1-4-31-19-14-15-23(32-5-2)22(16-19)28-26(29)25-24(18-12-10-17(3)11-13-18)20-8-6-7-9-21(20)27(30)33-25/h6-16H,4-5H2,1-3H3,(H,28,29). The molecule has 0 aliphatic carbocycles. The fourth-order valence-corrected chi connectivity index (χ4v) is 3.69. The third-order valence-electron chi connectivity index (χ3n) is 5.19. The predicted molar refractivity (Wildman–Crippen MR) is 129 cm³/mol. The van der Waals surface area contributed by atoms with Crippen LogP contribution in [0.1, 0.15) is 30.0 Å². The van der Waals surface area contributed by atoms with Crippen LogP contribution < -0.4 is 20.4 Å². The maximum atomic E-state index is 13.5. The van der Waals surface area contributed by atoms with Crippen LogP contribution in [-0.2, 0) is 0 Å². The molecule has 1 N–H and O–H groups in total. The van der Waals surface area contributed by atoms with E-state index in [1.807, 2.05) is 57.2 Å². The Bertz CT molecular complexity index is 1360. The zero-order valence-electron chi connectivity index (χ0n) is 18.8. The Balaban J connectivity index is 1.86. The highest BCUT2D eigenvalue weighted by molar-refractivity contribution is 6.12. The van der Waals surface area contributed by atoms with Gasteiger partial charge in [-0.15, -0.1) is 0 Å². The smallest absolute Gasteiger partial charge is 0.344 e. The number of nitrogens with one attached hydrogen (secondary N) is 1. The minimum absolute atomic E-state index is 0.0631. The summed E-state index contributed by atoms with van der Waals surface area (Å²) in [6.07, 6.45) is 0. The highest BCUT2D eigenvalue weighted by atomic mass is 16.5. The lowest BCUT2D eigenvalue weighted by Crippen LogP contribution is -2.17. The van der Waals surface area contributed by atoms with Crippen molar-refractivity contribution in [1.82, 2.24) is 0 Å². The molecule has 0 fully saturated rings. The first kappa shape index (κ1) is 22.1. The Morgan fingerprint density at radius 3 is 2.30 bits per heavy atom. The molecule has 0 saturated heterocycles. The summed E-state index contributed by atoms with van der Waals surface area (Å²) in [4.78, 5) is 26.2. The van der Waals surface area contributed by atoms with Gasteiger partial charge in [0.05, 0.1) is 24.3 Å². The lowest BCUT2D eigenvalue weighted by molar-refractivity contribution is 0.0993. The summed E-state index contributed by atoms with van der Waals surface area (Å²) < 4.78 is 16.8. The molecule has 0 atom stereocenters. The Kier molecular flexibility index (Phi) is 6.45. The number of carbonyl (C=O) groups excluding carboxylic acids is 1. The molecule has 33 heavy (non-hydrogen) atoms. The van der Waals surface area contributed by atoms with Crippen LogP contribution in [0.2, 0.25) is 0 Å². The number of rotatable bonds is 7. The number of hydrogen-bond donors (Lipinski definition) is 1. The van der Waals surface area contributed by atoms with E-state index in [9.17, 15) is 9.59 Å². The van der Waals surface area contributed by atoms with Crippen molar-refractivity contribution in [3.63, 3.8) is 0 Å². The number of benzene rings is 3. The predicted octanol–water partition coefficient (Wildman–Crippen LogP) is 5.82. The quantitative estimate of drug-likeness (QED) is 0.390. The second-order valence-corrected chi connectivity index (χ2v) is 7.48. The zero-order valence-corrected chi connectivity index (χ0v) is 18.8. The number of carbonyl (C=O) groups is 1. The summed E-state index contributed by atoms with van der Waals surface area (Å²) in [6.45, 7) is 6.64. The molecule has 6 nitrogen and oxygen atoms in total. The normalized spacial score (nSPS) is 10.8. The summed E-state index contributed by atoms with van der Waals surface area (Å²) in [7, 11) is 0. The summed E-state index contributed by atoms with van der Waals surface area (Å²) in [6, 6.07) is 20.1. The van der Waals surface area contributed by atoms with Crippen LogP contribution in [0.4, 0.5) is 5.69 Å². The van der Waals surface area contributed by atoms with E-state index in [0.29, 0.717) is 46.7 Å². The molecule has 0 saturated carbocycles. The van der Waals surface area contributed by atoms with Crippen LogP contribution >= 0.6 is 0 Å². The molecule has 0 radical (unpaired) electrons. The first-order valence-corrected chi connectivity index (χ1v) is 10.9. The average Bonchev–Trinajstić information content (AvgIpc) is 2.82. The molecular formula is C27H25NO5. The Hall–Kier alpha value is -4.06. The van der Waals surface area contributed by atoms with Crippen molar-refractivity contribution in [3.05, 3.63) is 88.5 Å². The average molecular weight is 443 g/mol. The third-order valence-corrected chi connectivity index (χ3v) is 5.19. The van der Waals surface area contributed by atoms with Gasteiger partial charge in [-0.25, -0.2) is 4.79 Å². The number of ether oxygens (including phenoxy) is 2. The fourth-order valence-electron chi connectivity index (χ4n) is 3.69. The molecule has 1 aromatic heterocycles. The molecule has 168 valence electrons. The van der Waals surface area contributed by atoms with Crippen LogP contribution in [0.25, 0.3) is 21.9 Å². The molecular weight excluding hydrogens is 418 g/mol. The van der Waals surface area contributed by atoms with Gasteiger partial charge in [0.15, 0.2) is 0 Å². The van der Waals surface area contributed by atoms with Crippen molar-refractivity contribution in [3.8, 4) is 22.6 Å². The van der Waals surface area contributed by atoms with Gasteiger partial charge in [-0.3, -0.25) is 4.79 Å². The van der Waals surface area contributed by atoms with Crippen molar-refractivity contribution >= 4 is 22.4 Å². The van der Waals surface area contributed by atoms with Crippen LogP contribution in [0.15, 0.2) is 75.9 Å². The number of fused-ring (bicyclic) bond motifs is 1. The third kappa shape index (κ3) is 4.60. The van der Waals surface area contributed by atoms with Gasteiger partial charge in [0.1, 0.15) is 11.5 Å². The minimum atomic E-state index is -0.570. The van der Waals surface area contributed by atoms with Crippen molar-refractivity contribution in [2.24, 2.45) is 0 Å². The van der Waals surface area contributed by atoms with Gasteiger partial charge in [-0.05, 0) is 44.5 Å². The zero-order chi connectivity index (χ0) is 23.4. The van der Waals surface area contributed by atoms with Gasteiger partial charge in [-0.1, -0.05) is 48.0 Å². The second-order valence-electron chi connectivity index (χ2n) is 7.48. The van der Waals surface area contributed by atoms with Crippen LogP contribution in [0.5, 0.6) is 11.5 Å². The molecule has 0 bridgehead atoms. The maximum Gasteiger partial charge on any atom is 0.344 e. The number of aryl methyl sites for hydroxylation is 1. The highest BCUT2D eigenvalue weighted by Gasteiger charge is 2.22. The molecule has 0 unspecified atom stereocenters. The van der Waals surface area contributed by atoms with E-state index < -0.39 is 11.5 Å². The van der Waals surface area contributed by atoms with Gasteiger partial charge in [0.25, 0.3) is 5.91 Å². The number of amides is 1. The van der Waals surface area contributed by atoms with Gasteiger partial charge < -0.3 is 19.2 Å². The molecule has 3 aromatic carbocycles. The summed E-state index contributed by atoms with van der Waals surface area (Å²) in [5.41, 5.74) is 2.28. The largest absolute Gasteiger partial charge is 0.494 e. The minimum Gasteiger partial charge on any atom is -0.494 e. The van der Waals surface area contributed by atoms with Crippen molar-refractivity contribution in [2.75, 3.05) is 18.5 Å². The van der Waals surface area contributed by atoms with E-state index >= 15 is 0 Å². The van der Waals surface area contributed by atoms with Crippen molar-refractivity contribution in [1.29, 1.82) is 0 Å². The molecule has 6 heteroatoms. The number of anilines is 1. The molecule has 1 amide bonds. The molecule has 0 aliphatic heterocycles. The van der Waals surface area contributed by atoms with Crippen LogP contribution in [0, 0.1) is 6.92 Å².